The van der Waals surface area contributed by atoms with Crippen molar-refractivity contribution in [3.63, 3.8) is 0 Å². The SMILES string of the molecule is CC1(C)O[C@@H]2C[C@H]3[C@@H]4CCC5=CC(=O)CC[C@]5(C)C4[C@@H](O)C[C@]3(C)[C@]2(C(=O)CCl)O1. The lowest BCUT2D eigenvalue weighted by Gasteiger charge is -2.60. The van der Waals surface area contributed by atoms with E-state index in [4.69, 9.17) is 21.1 Å². The third kappa shape index (κ3) is 2.47. The van der Waals surface area contributed by atoms with Gasteiger partial charge in [-0.3, -0.25) is 9.59 Å². The molecule has 3 saturated carbocycles. The molecule has 1 heterocycles. The van der Waals surface area contributed by atoms with Crippen LogP contribution in [0.25, 0.3) is 0 Å². The molecule has 0 bridgehead atoms. The van der Waals surface area contributed by atoms with Crippen LogP contribution in [0.4, 0.5) is 0 Å². The minimum Gasteiger partial charge on any atom is -0.393 e. The molecule has 0 spiro atoms. The molecule has 0 radical (unpaired) electrons. The standard InChI is InChI=1S/C24H33ClO5/c1-21(2)29-19-10-16-15-6-5-13-9-14(26)7-8-22(13,3)20(15)17(27)11-23(16,4)24(19,30-21)18(28)12-25/h9,15-17,19-20,27H,5-8,10-12H2,1-4H3/t15-,16-,17-,19+,20?,22-,23-,24+/m0/s1. The second-order valence-corrected chi connectivity index (χ2v) is 11.5. The van der Waals surface area contributed by atoms with Gasteiger partial charge in [0.05, 0.1) is 18.1 Å². The van der Waals surface area contributed by atoms with Gasteiger partial charge in [0.25, 0.3) is 0 Å². The van der Waals surface area contributed by atoms with Gasteiger partial charge in [-0.15, -0.1) is 11.6 Å². The second-order valence-electron chi connectivity index (χ2n) is 11.2. The maximum absolute atomic E-state index is 13.3. The van der Waals surface area contributed by atoms with Gasteiger partial charge in [0.15, 0.2) is 23.0 Å². The van der Waals surface area contributed by atoms with E-state index < -0.39 is 22.9 Å². The van der Waals surface area contributed by atoms with Crippen molar-refractivity contribution in [2.45, 2.75) is 89.8 Å². The third-order valence-corrected chi connectivity index (χ3v) is 9.67. The Morgan fingerprint density at radius 3 is 2.70 bits per heavy atom. The van der Waals surface area contributed by atoms with Crippen molar-refractivity contribution in [2.75, 3.05) is 5.88 Å². The molecule has 1 N–H and O–H groups in total. The fourth-order valence-corrected chi connectivity index (χ4v) is 8.58. The first-order chi connectivity index (χ1) is 14.0. The fourth-order valence-electron chi connectivity index (χ4n) is 8.38. The molecule has 1 unspecified atom stereocenters. The molecule has 0 aromatic carbocycles. The average Bonchev–Trinajstić information content (AvgIpc) is 3.07. The number of hydrogen-bond acceptors (Lipinski definition) is 5. The van der Waals surface area contributed by atoms with E-state index in [1.807, 2.05) is 19.9 Å². The molecule has 6 heteroatoms. The van der Waals surface area contributed by atoms with Crippen molar-refractivity contribution in [1.82, 2.24) is 0 Å². The van der Waals surface area contributed by atoms with Crippen molar-refractivity contribution in [3.8, 4) is 0 Å². The third-order valence-electron chi connectivity index (χ3n) is 9.42. The lowest BCUT2D eigenvalue weighted by atomic mass is 9.45. The summed E-state index contributed by atoms with van der Waals surface area (Å²) in [7, 11) is 0. The van der Waals surface area contributed by atoms with Crippen molar-refractivity contribution in [3.05, 3.63) is 11.6 Å². The molecule has 0 aromatic rings. The average molecular weight is 437 g/mol. The number of alkyl halides is 1. The van der Waals surface area contributed by atoms with Gasteiger partial charge >= 0.3 is 0 Å². The quantitative estimate of drug-likeness (QED) is 0.666. The predicted molar refractivity (Wildman–Crippen MR) is 112 cm³/mol. The van der Waals surface area contributed by atoms with Gasteiger partial charge in [-0.2, -0.15) is 0 Å². The van der Waals surface area contributed by atoms with E-state index >= 15 is 0 Å². The molecular formula is C24H33ClO5. The molecule has 30 heavy (non-hydrogen) atoms. The normalized spacial score (nSPS) is 51.5. The van der Waals surface area contributed by atoms with Gasteiger partial charge in [0.1, 0.15) is 0 Å². The summed E-state index contributed by atoms with van der Waals surface area (Å²) in [5.41, 5.74) is -0.574. The second kappa shape index (κ2) is 6.40. The number of hydrogen-bond donors (Lipinski definition) is 1. The van der Waals surface area contributed by atoms with Crippen LogP contribution in [-0.2, 0) is 19.1 Å². The van der Waals surface area contributed by atoms with Crippen molar-refractivity contribution in [2.24, 2.45) is 28.6 Å². The van der Waals surface area contributed by atoms with E-state index in [1.54, 1.807) is 0 Å². The molecule has 1 saturated heterocycles. The maximum atomic E-state index is 13.3. The summed E-state index contributed by atoms with van der Waals surface area (Å²) in [6, 6.07) is 0. The molecule has 0 aromatic heterocycles. The lowest BCUT2D eigenvalue weighted by Crippen LogP contribution is -2.63. The van der Waals surface area contributed by atoms with Gasteiger partial charge in [-0.25, -0.2) is 0 Å². The molecule has 4 fully saturated rings. The van der Waals surface area contributed by atoms with Crippen LogP contribution in [0.3, 0.4) is 0 Å². The summed E-state index contributed by atoms with van der Waals surface area (Å²) in [6.45, 7) is 8.06. The highest BCUT2D eigenvalue weighted by molar-refractivity contribution is 6.29. The number of allylic oxidation sites excluding steroid dienone is 1. The van der Waals surface area contributed by atoms with Crippen molar-refractivity contribution in [1.29, 1.82) is 0 Å². The first-order valence-electron chi connectivity index (χ1n) is 11.4. The van der Waals surface area contributed by atoms with Crippen LogP contribution in [0.15, 0.2) is 11.6 Å². The van der Waals surface area contributed by atoms with Gasteiger partial charge in [0, 0.05) is 11.8 Å². The molecule has 5 rings (SSSR count). The van der Waals surface area contributed by atoms with Gasteiger partial charge in [0.2, 0.25) is 0 Å². The first kappa shape index (κ1) is 21.1. The van der Waals surface area contributed by atoms with Crippen molar-refractivity contribution >= 4 is 23.2 Å². The Kier molecular flexibility index (Phi) is 4.50. The van der Waals surface area contributed by atoms with E-state index in [2.05, 4.69) is 13.8 Å². The van der Waals surface area contributed by atoms with Gasteiger partial charge < -0.3 is 14.6 Å². The van der Waals surface area contributed by atoms with Crippen LogP contribution in [0.1, 0.15) is 66.2 Å². The maximum Gasteiger partial charge on any atom is 0.182 e. The number of aliphatic hydroxyl groups is 1. The number of carbonyl (C=O) groups excluding carboxylic acids is 2. The van der Waals surface area contributed by atoms with Gasteiger partial charge in [-0.05, 0) is 75.2 Å². The molecule has 5 nitrogen and oxygen atoms in total. The lowest BCUT2D eigenvalue weighted by molar-refractivity contribution is -0.225. The van der Waals surface area contributed by atoms with Crippen LogP contribution >= 0.6 is 11.6 Å². The fraction of sp³-hybridized carbons (Fsp3) is 0.833. The highest BCUT2D eigenvalue weighted by Gasteiger charge is 2.76. The Hall–Kier alpha value is -0.750. The number of fused-ring (bicyclic) bond motifs is 7. The smallest absolute Gasteiger partial charge is 0.182 e. The minimum absolute atomic E-state index is 0.0960. The Bertz CT molecular complexity index is 835. The predicted octanol–water partition coefficient (Wildman–Crippen LogP) is 3.80. The molecule has 166 valence electrons. The largest absolute Gasteiger partial charge is 0.393 e. The number of ketones is 2. The van der Waals surface area contributed by atoms with Crippen molar-refractivity contribution < 1.29 is 24.2 Å². The van der Waals surface area contributed by atoms with Crippen LogP contribution < -0.4 is 0 Å². The highest BCUT2D eigenvalue weighted by atomic mass is 35.5. The van der Waals surface area contributed by atoms with Crippen LogP contribution in [-0.4, -0.2) is 46.1 Å². The molecule has 8 atom stereocenters. The van der Waals surface area contributed by atoms with E-state index in [0.29, 0.717) is 12.8 Å². The van der Waals surface area contributed by atoms with Gasteiger partial charge in [-0.1, -0.05) is 19.4 Å². The summed E-state index contributed by atoms with van der Waals surface area (Å²) >= 11 is 6.09. The minimum atomic E-state index is -1.10. The molecule has 4 aliphatic carbocycles. The van der Waals surface area contributed by atoms with Crippen LogP contribution in [0.5, 0.6) is 0 Å². The summed E-state index contributed by atoms with van der Waals surface area (Å²) in [5.74, 6) is -0.289. The zero-order valence-corrected chi connectivity index (χ0v) is 19.1. The number of rotatable bonds is 2. The zero-order chi connectivity index (χ0) is 21.7. The van der Waals surface area contributed by atoms with Crippen LogP contribution in [0, 0.1) is 28.6 Å². The first-order valence-corrected chi connectivity index (χ1v) is 11.9. The summed E-state index contributed by atoms with van der Waals surface area (Å²) < 4.78 is 12.7. The van der Waals surface area contributed by atoms with E-state index in [9.17, 15) is 14.7 Å². The number of halogens is 1. The molecule has 5 aliphatic rings. The summed E-state index contributed by atoms with van der Waals surface area (Å²) in [4.78, 5) is 25.4. The molecule has 1 aliphatic heterocycles. The number of ether oxygens (including phenoxy) is 2. The number of Topliss-reactive ketones (excluding diaryl/α,β-unsaturated/α-hetero) is 1. The van der Waals surface area contributed by atoms with Crippen LogP contribution in [0.2, 0.25) is 0 Å². The Morgan fingerprint density at radius 2 is 2.00 bits per heavy atom. The monoisotopic (exact) mass is 436 g/mol. The molecule has 0 amide bonds. The summed E-state index contributed by atoms with van der Waals surface area (Å²) in [6.07, 6.45) is 5.37. The zero-order valence-electron chi connectivity index (χ0n) is 18.4. The van der Waals surface area contributed by atoms with E-state index in [-0.39, 0.29) is 46.7 Å². The Balaban J connectivity index is 1.58. The Labute approximate surface area is 183 Å². The van der Waals surface area contributed by atoms with E-state index in [1.165, 1.54) is 5.57 Å². The highest BCUT2D eigenvalue weighted by Crippen LogP contribution is 2.70. The topological polar surface area (TPSA) is 72.8 Å². The summed E-state index contributed by atoms with van der Waals surface area (Å²) in [5, 5.41) is 11.6. The van der Waals surface area contributed by atoms with E-state index in [0.717, 1.165) is 25.7 Å². The molecular weight excluding hydrogens is 404 g/mol. The Morgan fingerprint density at radius 1 is 1.27 bits per heavy atom. The number of carbonyl (C=O) groups is 2. The number of aliphatic hydroxyl groups excluding tert-OH is 1.